The molecule has 1 aliphatic heterocycles. The molecule has 1 heteroatoms. The first-order valence-corrected chi connectivity index (χ1v) is 7.42. The Morgan fingerprint density at radius 1 is 0.786 bits per heavy atom. The summed E-state index contributed by atoms with van der Waals surface area (Å²) in [5.41, 5.74) is 0. The van der Waals surface area contributed by atoms with Crippen LogP contribution in [-0.2, 0) is 0 Å². The molecule has 1 aliphatic carbocycles. The summed E-state index contributed by atoms with van der Waals surface area (Å²) in [6.45, 7) is 4.82. The van der Waals surface area contributed by atoms with E-state index in [1.165, 1.54) is 44.3 Å². The average molecular weight is 212 g/mol. The van der Waals surface area contributed by atoms with Crippen LogP contribution < -0.4 is 0 Å². The van der Waals surface area contributed by atoms with Crippen LogP contribution in [0.25, 0.3) is 0 Å². The molecule has 0 nitrogen and oxygen atoms in total. The minimum Gasteiger partial charge on any atom is -0.159 e. The smallest absolute Gasteiger partial charge is 0.00189 e. The maximum atomic E-state index is 2.42. The van der Waals surface area contributed by atoms with Crippen molar-refractivity contribution in [3.8, 4) is 0 Å². The van der Waals surface area contributed by atoms with Gasteiger partial charge in [-0.3, -0.25) is 0 Å². The van der Waals surface area contributed by atoms with Gasteiger partial charge in [-0.2, -0.15) is 11.8 Å². The molecule has 0 amide bonds. The van der Waals surface area contributed by atoms with Gasteiger partial charge in [0.25, 0.3) is 0 Å². The lowest BCUT2D eigenvalue weighted by molar-refractivity contribution is 0.213. The van der Waals surface area contributed by atoms with Crippen LogP contribution >= 0.6 is 11.8 Å². The van der Waals surface area contributed by atoms with E-state index in [0.29, 0.717) is 0 Å². The second kappa shape index (κ2) is 4.92. The molecule has 1 heterocycles. The van der Waals surface area contributed by atoms with Crippen LogP contribution in [0.2, 0.25) is 0 Å². The van der Waals surface area contributed by atoms with Crippen LogP contribution in [0.4, 0.5) is 0 Å². The van der Waals surface area contributed by atoms with Crippen molar-refractivity contribution in [1.29, 1.82) is 0 Å². The standard InChI is InChI=1S/C13H24S/c1-10-3-6-12(7-4-10)13-8-5-11(2)14-9-13/h10-13H,3-9H2,1-2H3. The third-order valence-corrected chi connectivity index (χ3v) is 5.69. The van der Waals surface area contributed by atoms with E-state index >= 15 is 0 Å². The first-order chi connectivity index (χ1) is 6.75. The Labute approximate surface area is 93.2 Å². The minimum atomic E-state index is 0.939. The molecule has 0 bridgehead atoms. The molecule has 1 saturated heterocycles. The summed E-state index contributed by atoms with van der Waals surface area (Å²) in [7, 11) is 0. The normalized spacial score (nSPS) is 45.0. The molecule has 0 aromatic carbocycles. The molecule has 0 aromatic heterocycles. The fourth-order valence-corrected chi connectivity index (χ4v) is 4.35. The van der Waals surface area contributed by atoms with Gasteiger partial charge in [-0.15, -0.1) is 0 Å². The Kier molecular flexibility index (Phi) is 3.81. The summed E-state index contributed by atoms with van der Waals surface area (Å²) in [5, 5.41) is 0.939. The first kappa shape index (κ1) is 10.9. The Bertz CT molecular complexity index is 142. The van der Waals surface area contributed by atoms with Gasteiger partial charge in [0.15, 0.2) is 0 Å². The molecule has 0 spiro atoms. The highest BCUT2D eigenvalue weighted by atomic mass is 32.2. The Balaban J connectivity index is 1.78. The second-order valence-electron chi connectivity index (χ2n) is 5.50. The summed E-state index contributed by atoms with van der Waals surface area (Å²) in [4.78, 5) is 0. The van der Waals surface area contributed by atoms with Crippen molar-refractivity contribution in [2.75, 3.05) is 5.75 Å². The third kappa shape index (κ3) is 2.68. The lowest BCUT2D eigenvalue weighted by Gasteiger charge is -2.36. The van der Waals surface area contributed by atoms with Crippen LogP contribution in [0.5, 0.6) is 0 Å². The molecule has 1 saturated carbocycles. The maximum Gasteiger partial charge on any atom is 0.00189 e. The van der Waals surface area contributed by atoms with E-state index in [0.717, 1.165) is 23.0 Å². The van der Waals surface area contributed by atoms with Crippen molar-refractivity contribution in [1.82, 2.24) is 0 Å². The van der Waals surface area contributed by atoms with E-state index in [9.17, 15) is 0 Å². The summed E-state index contributed by atoms with van der Waals surface area (Å²) in [6, 6.07) is 0. The molecule has 2 rings (SSSR count). The van der Waals surface area contributed by atoms with E-state index in [-0.39, 0.29) is 0 Å². The van der Waals surface area contributed by atoms with Gasteiger partial charge in [-0.1, -0.05) is 26.7 Å². The lowest BCUT2D eigenvalue weighted by atomic mass is 9.75. The monoisotopic (exact) mass is 212 g/mol. The quantitative estimate of drug-likeness (QED) is 0.623. The molecule has 2 aliphatic rings. The molecule has 0 N–H and O–H groups in total. The largest absolute Gasteiger partial charge is 0.159 e. The Morgan fingerprint density at radius 3 is 2.00 bits per heavy atom. The van der Waals surface area contributed by atoms with Gasteiger partial charge in [0.2, 0.25) is 0 Å². The van der Waals surface area contributed by atoms with Gasteiger partial charge in [-0.05, 0) is 49.2 Å². The van der Waals surface area contributed by atoms with Gasteiger partial charge in [0, 0.05) is 5.25 Å². The molecular weight excluding hydrogens is 188 g/mol. The summed E-state index contributed by atoms with van der Waals surface area (Å²) < 4.78 is 0. The van der Waals surface area contributed by atoms with Crippen molar-refractivity contribution in [3.63, 3.8) is 0 Å². The van der Waals surface area contributed by atoms with Crippen LogP contribution in [0.3, 0.4) is 0 Å². The average Bonchev–Trinajstić information content (AvgIpc) is 2.21. The van der Waals surface area contributed by atoms with E-state index in [4.69, 9.17) is 0 Å². The predicted molar refractivity (Wildman–Crippen MR) is 65.8 cm³/mol. The highest BCUT2D eigenvalue weighted by Crippen LogP contribution is 2.40. The Hall–Kier alpha value is 0.350. The molecule has 82 valence electrons. The van der Waals surface area contributed by atoms with Crippen molar-refractivity contribution >= 4 is 11.8 Å². The molecule has 2 atom stereocenters. The lowest BCUT2D eigenvalue weighted by Crippen LogP contribution is -2.26. The van der Waals surface area contributed by atoms with E-state index in [2.05, 4.69) is 25.6 Å². The highest BCUT2D eigenvalue weighted by Gasteiger charge is 2.28. The van der Waals surface area contributed by atoms with Crippen LogP contribution in [0.1, 0.15) is 52.4 Å². The van der Waals surface area contributed by atoms with Gasteiger partial charge < -0.3 is 0 Å². The first-order valence-electron chi connectivity index (χ1n) is 6.37. The Morgan fingerprint density at radius 2 is 1.43 bits per heavy atom. The maximum absolute atomic E-state index is 2.42. The van der Waals surface area contributed by atoms with Crippen molar-refractivity contribution in [2.24, 2.45) is 17.8 Å². The summed E-state index contributed by atoms with van der Waals surface area (Å²) in [6.07, 6.45) is 9.05. The predicted octanol–water partition coefficient (Wildman–Crippen LogP) is 4.34. The van der Waals surface area contributed by atoms with E-state index in [1.54, 1.807) is 0 Å². The van der Waals surface area contributed by atoms with Gasteiger partial charge in [0.1, 0.15) is 0 Å². The fourth-order valence-electron chi connectivity index (χ4n) is 3.03. The van der Waals surface area contributed by atoms with Crippen LogP contribution in [0, 0.1) is 17.8 Å². The molecule has 0 aromatic rings. The SMILES string of the molecule is CC1CCC(C2CCC(C)SC2)CC1. The number of hydrogen-bond acceptors (Lipinski definition) is 1. The zero-order valence-corrected chi connectivity index (χ0v) is 10.5. The van der Waals surface area contributed by atoms with Gasteiger partial charge >= 0.3 is 0 Å². The minimum absolute atomic E-state index is 0.939. The van der Waals surface area contributed by atoms with Crippen LogP contribution in [0.15, 0.2) is 0 Å². The number of hydrogen-bond donors (Lipinski definition) is 0. The summed E-state index contributed by atoms with van der Waals surface area (Å²) >= 11 is 2.22. The number of rotatable bonds is 1. The topological polar surface area (TPSA) is 0 Å². The number of thioether (sulfide) groups is 1. The summed E-state index contributed by atoms with van der Waals surface area (Å²) in [5.74, 6) is 4.64. The second-order valence-corrected chi connectivity index (χ2v) is 6.97. The zero-order valence-electron chi connectivity index (χ0n) is 9.67. The molecule has 2 unspecified atom stereocenters. The highest BCUT2D eigenvalue weighted by molar-refractivity contribution is 7.99. The van der Waals surface area contributed by atoms with Crippen molar-refractivity contribution in [3.05, 3.63) is 0 Å². The van der Waals surface area contributed by atoms with Crippen LogP contribution in [-0.4, -0.2) is 11.0 Å². The van der Waals surface area contributed by atoms with E-state index in [1.807, 2.05) is 0 Å². The fraction of sp³-hybridized carbons (Fsp3) is 1.00. The molecular formula is C13H24S. The molecule has 2 fully saturated rings. The van der Waals surface area contributed by atoms with Gasteiger partial charge in [0.05, 0.1) is 0 Å². The molecule has 14 heavy (non-hydrogen) atoms. The molecule has 0 radical (unpaired) electrons. The third-order valence-electron chi connectivity index (χ3n) is 4.27. The van der Waals surface area contributed by atoms with E-state index < -0.39 is 0 Å². The zero-order chi connectivity index (χ0) is 9.97. The van der Waals surface area contributed by atoms with Crippen molar-refractivity contribution < 1.29 is 0 Å². The van der Waals surface area contributed by atoms with Crippen molar-refractivity contribution in [2.45, 2.75) is 57.6 Å². The van der Waals surface area contributed by atoms with Gasteiger partial charge in [-0.25, -0.2) is 0 Å².